The first-order chi connectivity index (χ1) is 11.2. The molecule has 10 atom stereocenters. The molecule has 2 aliphatic heterocycles. The molecule has 0 radical (unpaired) electrons. The van der Waals surface area contributed by atoms with Crippen LogP contribution in [0.5, 0.6) is 0 Å². The fourth-order valence-electron chi connectivity index (χ4n) is 2.57. The molecule has 9 N–H and O–H groups in total. The lowest BCUT2D eigenvalue weighted by Crippen LogP contribution is -2.65. The molecule has 0 spiro atoms. The highest BCUT2D eigenvalue weighted by atomic mass is 16.7. The van der Waals surface area contributed by atoms with Crippen molar-refractivity contribution in [3.8, 4) is 0 Å². The number of carbonyl (C=O) groups excluding carboxylic acids is 1. The van der Waals surface area contributed by atoms with Gasteiger partial charge in [0, 0.05) is 0 Å². The second kappa shape index (κ2) is 7.53. The fraction of sp³-hybridized carbons (Fsp3) is 0.917. The predicted octanol–water partition coefficient (Wildman–Crippen LogP) is -5.90. The van der Waals surface area contributed by atoms with Crippen LogP contribution >= 0.6 is 0 Å². The first-order valence-corrected chi connectivity index (χ1v) is 7.14. The third kappa shape index (κ3) is 3.52. The van der Waals surface area contributed by atoms with Crippen LogP contribution in [0.3, 0.4) is 0 Å². The van der Waals surface area contributed by atoms with Crippen molar-refractivity contribution in [2.24, 2.45) is 5.73 Å². The molecular formula is C12H21NO11. The van der Waals surface area contributed by atoms with Crippen molar-refractivity contribution in [3.63, 3.8) is 0 Å². The van der Waals surface area contributed by atoms with Gasteiger partial charge in [-0.2, -0.15) is 0 Å². The average Bonchev–Trinajstić information content (AvgIpc) is 2.54. The smallest absolute Gasteiger partial charge is 0.249 e. The van der Waals surface area contributed by atoms with Crippen molar-refractivity contribution < 1.29 is 54.8 Å². The predicted molar refractivity (Wildman–Crippen MR) is 70.7 cm³/mol. The van der Waals surface area contributed by atoms with Gasteiger partial charge in [-0.3, -0.25) is 4.79 Å². The lowest BCUT2D eigenvalue weighted by atomic mass is 9.96. The Hall–Kier alpha value is -0.930. The van der Waals surface area contributed by atoms with E-state index in [-0.39, 0.29) is 0 Å². The van der Waals surface area contributed by atoms with Gasteiger partial charge < -0.3 is 55.7 Å². The van der Waals surface area contributed by atoms with Gasteiger partial charge in [-0.15, -0.1) is 0 Å². The van der Waals surface area contributed by atoms with Crippen molar-refractivity contribution in [1.82, 2.24) is 0 Å². The Kier molecular flexibility index (Phi) is 6.09. The Morgan fingerprint density at radius 3 is 2.08 bits per heavy atom. The van der Waals surface area contributed by atoms with Gasteiger partial charge in [-0.1, -0.05) is 0 Å². The largest absolute Gasteiger partial charge is 0.394 e. The molecule has 140 valence electrons. The molecule has 2 saturated heterocycles. The molecule has 2 heterocycles. The van der Waals surface area contributed by atoms with Gasteiger partial charge in [0.1, 0.15) is 42.7 Å². The maximum atomic E-state index is 11.4. The lowest BCUT2D eigenvalue weighted by molar-refractivity contribution is -0.349. The van der Waals surface area contributed by atoms with Crippen LogP contribution in [0, 0.1) is 0 Å². The zero-order valence-electron chi connectivity index (χ0n) is 12.3. The molecule has 0 aromatic carbocycles. The van der Waals surface area contributed by atoms with Gasteiger partial charge in [0.05, 0.1) is 6.61 Å². The summed E-state index contributed by atoms with van der Waals surface area (Å²) >= 11 is 0. The van der Waals surface area contributed by atoms with Gasteiger partial charge >= 0.3 is 0 Å². The van der Waals surface area contributed by atoms with Crippen LogP contribution in [0.2, 0.25) is 0 Å². The number of nitrogens with two attached hydrogens (primary N) is 1. The highest BCUT2D eigenvalue weighted by Gasteiger charge is 2.51. The summed E-state index contributed by atoms with van der Waals surface area (Å²) in [6.45, 7) is -0.713. The standard InChI is InChI=1S/C12H21NO11/c13-10(20)9-8(5(17)6(18)11(21)23-9)24-12-7(19)4(16)3(15)2(1-14)22-12/h2-9,11-12,14-19,21H,1H2,(H2,13,20)/t2-,3+,4+,5-,6-,7-,8+,9+,11?,12+/m1/s1. The van der Waals surface area contributed by atoms with Crippen LogP contribution in [-0.2, 0) is 19.0 Å². The summed E-state index contributed by atoms with van der Waals surface area (Å²) in [5.74, 6) is -1.13. The van der Waals surface area contributed by atoms with Gasteiger partial charge in [-0.25, -0.2) is 0 Å². The van der Waals surface area contributed by atoms with Gasteiger partial charge in [-0.05, 0) is 0 Å². The lowest BCUT2D eigenvalue weighted by Gasteiger charge is -2.44. The molecule has 0 bridgehead atoms. The monoisotopic (exact) mass is 355 g/mol. The fourth-order valence-corrected chi connectivity index (χ4v) is 2.57. The number of hydrogen-bond acceptors (Lipinski definition) is 11. The van der Waals surface area contributed by atoms with Crippen molar-refractivity contribution >= 4 is 5.91 Å². The SMILES string of the molecule is NC(=O)[C@H]1OC(O)[C@H](O)[C@@H](O)[C@@H]1O[C@@H]1O[C@H](CO)[C@H](O)[C@H](O)[C@H]1O. The minimum atomic E-state index is -1.90. The Labute approximate surface area is 135 Å². The molecule has 24 heavy (non-hydrogen) atoms. The van der Waals surface area contributed by atoms with Crippen LogP contribution in [0.25, 0.3) is 0 Å². The molecule has 12 nitrogen and oxygen atoms in total. The van der Waals surface area contributed by atoms with E-state index < -0.39 is 73.9 Å². The molecular weight excluding hydrogens is 334 g/mol. The van der Waals surface area contributed by atoms with E-state index in [0.717, 1.165) is 0 Å². The van der Waals surface area contributed by atoms with E-state index in [1.54, 1.807) is 0 Å². The molecule has 1 unspecified atom stereocenters. The number of amides is 1. The number of aliphatic hydroxyl groups is 7. The summed E-state index contributed by atoms with van der Waals surface area (Å²) in [4.78, 5) is 11.4. The highest BCUT2D eigenvalue weighted by Crippen LogP contribution is 2.28. The number of carbonyl (C=O) groups is 1. The molecule has 0 aromatic heterocycles. The minimum Gasteiger partial charge on any atom is -0.394 e. The normalized spacial score (nSPS) is 49.8. The number of aliphatic hydroxyl groups excluding tert-OH is 7. The van der Waals surface area contributed by atoms with E-state index in [4.69, 9.17) is 25.1 Å². The highest BCUT2D eigenvalue weighted by molar-refractivity contribution is 5.79. The van der Waals surface area contributed by atoms with Gasteiger partial charge in [0.25, 0.3) is 0 Å². The van der Waals surface area contributed by atoms with Gasteiger partial charge in [0.15, 0.2) is 18.7 Å². The van der Waals surface area contributed by atoms with E-state index in [1.807, 2.05) is 0 Å². The number of ether oxygens (including phenoxy) is 3. The van der Waals surface area contributed by atoms with Crippen molar-refractivity contribution in [1.29, 1.82) is 0 Å². The van der Waals surface area contributed by atoms with E-state index in [1.165, 1.54) is 0 Å². The molecule has 2 aliphatic rings. The molecule has 0 aliphatic carbocycles. The number of hydrogen-bond donors (Lipinski definition) is 8. The summed E-state index contributed by atoms with van der Waals surface area (Å²) in [5, 5.41) is 67.4. The van der Waals surface area contributed by atoms with Gasteiger partial charge in [0.2, 0.25) is 5.91 Å². The van der Waals surface area contributed by atoms with Crippen LogP contribution in [0.4, 0.5) is 0 Å². The Morgan fingerprint density at radius 2 is 1.54 bits per heavy atom. The summed E-state index contributed by atoms with van der Waals surface area (Å²) < 4.78 is 15.0. The molecule has 0 saturated carbocycles. The molecule has 1 amide bonds. The average molecular weight is 355 g/mol. The first-order valence-electron chi connectivity index (χ1n) is 7.14. The maximum absolute atomic E-state index is 11.4. The van der Waals surface area contributed by atoms with E-state index >= 15 is 0 Å². The molecule has 2 rings (SSSR count). The first kappa shape index (κ1) is 19.4. The Balaban J connectivity index is 2.18. The molecule has 12 heteroatoms. The summed E-state index contributed by atoms with van der Waals surface area (Å²) in [5.41, 5.74) is 5.09. The van der Waals surface area contributed by atoms with E-state index in [9.17, 15) is 35.4 Å². The van der Waals surface area contributed by atoms with Crippen molar-refractivity contribution in [3.05, 3.63) is 0 Å². The van der Waals surface area contributed by atoms with Crippen LogP contribution in [0.15, 0.2) is 0 Å². The minimum absolute atomic E-state index is 0.713. The zero-order chi connectivity index (χ0) is 18.2. The Bertz CT molecular complexity index is 449. The van der Waals surface area contributed by atoms with Crippen LogP contribution in [-0.4, -0.2) is 110 Å². The molecule has 2 fully saturated rings. The summed E-state index contributed by atoms with van der Waals surface area (Å²) in [7, 11) is 0. The number of rotatable bonds is 4. The zero-order valence-corrected chi connectivity index (χ0v) is 12.3. The van der Waals surface area contributed by atoms with E-state index in [0.29, 0.717) is 0 Å². The van der Waals surface area contributed by atoms with Crippen molar-refractivity contribution in [2.75, 3.05) is 6.61 Å². The third-order valence-electron chi connectivity index (χ3n) is 3.98. The molecule has 0 aromatic rings. The second-order valence-corrected chi connectivity index (χ2v) is 5.63. The topological polar surface area (TPSA) is 212 Å². The number of primary amides is 1. The summed E-state index contributed by atoms with van der Waals surface area (Å²) in [6.07, 6.45) is -17.0. The van der Waals surface area contributed by atoms with Crippen LogP contribution in [0.1, 0.15) is 0 Å². The van der Waals surface area contributed by atoms with Crippen molar-refractivity contribution in [2.45, 2.75) is 61.4 Å². The Morgan fingerprint density at radius 1 is 0.917 bits per heavy atom. The quantitative estimate of drug-likeness (QED) is 0.238. The summed E-state index contributed by atoms with van der Waals surface area (Å²) in [6, 6.07) is 0. The second-order valence-electron chi connectivity index (χ2n) is 5.63. The maximum Gasteiger partial charge on any atom is 0.249 e. The van der Waals surface area contributed by atoms with E-state index in [2.05, 4.69) is 0 Å². The third-order valence-corrected chi connectivity index (χ3v) is 3.98. The van der Waals surface area contributed by atoms with Crippen LogP contribution < -0.4 is 5.73 Å².